The van der Waals surface area contributed by atoms with E-state index in [-0.39, 0.29) is 0 Å². The van der Waals surface area contributed by atoms with Crippen molar-refractivity contribution in [2.24, 2.45) is 0 Å². The Bertz CT molecular complexity index is 60.3. The standard InChI is InChI=1S/C6H15O3Si.HOSi/c1-4-7-10(8-5-2)9-6-3;1-2/h4-6H2,1-3H3;1H. The molecule has 72 valence electrons. The van der Waals surface area contributed by atoms with Crippen molar-refractivity contribution in [1.82, 2.24) is 0 Å². The van der Waals surface area contributed by atoms with E-state index in [0.29, 0.717) is 19.8 Å². The third kappa shape index (κ3) is 10.3. The zero-order valence-electron chi connectivity index (χ0n) is 7.79. The van der Waals surface area contributed by atoms with Gasteiger partial charge in [-0.3, -0.25) is 0 Å². The molecular formula is C6H16O4Si2. The molecule has 0 heterocycles. The van der Waals surface area contributed by atoms with Crippen LogP contribution in [-0.4, -0.2) is 44.6 Å². The smallest absolute Gasteiger partial charge is 0.433 e. The highest BCUT2D eigenvalue weighted by Gasteiger charge is 2.15. The van der Waals surface area contributed by atoms with Gasteiger partial charge in [0, 0.05) is 19.8 Å². The van der Waals surface area contributed by atoms with Crippen LogP contribution in [-0.2, 0) is 13.3 Å². The Hall–Kier alpha value is 0.274. The summed E-state index contributed by atoms with van der Waals surface area (Å²) in [5, 5.41) is 0. The molecule has 6 heteroatoms. The van der Waals surface area contributed by atoms with E-state index in [1.54, 1.807) is 0 Å². The minimum atomic E-state index is -1.40. The summed E-state index contributed by atoms with van der Waals surface area (Å²) in [6.45, 7) is 7.78. The van der Waals surface area contributed by atoms with Crippen LogP contribution in [0.15, 0.2) is 0 Å². The van der Waals surface area contributed by atoms with Crippen LogP contribution in [0.2, 0.25) is 0 Å². The average molecular weight is 208 g/mol. The zero-order chi connectivity index (χ0) is 9.82. The fraction of sp³-hybridized carbons (Fsp3) is 1.00. The molecule has 12 heavy (non-hydrogen) atoms. The number of hydrogen-bond donors (Lipinski definition) is 1. The summed E-state index contributed by atoms with van der Waals surface area (Å²) in [6, 6.07) is 0. The summed E-state index contributed by atoms with van der Waals surface area (Å²) in [7, 11) is 0.575. The first kappa shape index (κ1) is 14.8. The fourth-order valence-electron chi connectivity index (χ4n) is 0.479. The van der Waals surface area contributed by atoms with Crippen molar-refractivity contribution in [3.63, 3.8) is 0 Å². The van der Waals surface area contributed by atoms with Gasteiger partial charge in [0.2, 0.25) is 10.5 Å². The van der Waals surface area contributed by atoms with Crippen LogP contribution < -0.4 is 0 Å². The molecule has 4 radical (unpaired) electrons. The Balaban J connectivity index is 0. The van der Waals surface area contributed by atoms with Gasteiger partial charge < -0.3 is 18.1 Å². The average Bonchev–Trinajstić information content (AvgIpc) is 2.10. The molecule has 0 rings (SSSR count). The lowest BCUT2D eigenvalue weighted by molar-refractivity contribution is 0.107. The molecule has 0 aliphatic heterocycles. The maximum atomic E-state index is 6.81. The second-order valence-corrected chi connectivity index (χ2v) is 2.92. The highest BCUT2D eigenvalue weighted by molar-refractivity contribution is 6.36. The van der Waals surface area contributed by atoms with Crippen LogP contribution in [0.4, 0.5) is 0 Å². The minimum Gasteiger partial charge on any atom is -0.433 e. The Morgan fingerprint density at radius 3 is 1.33 bits per heavy atom. The minimum absolute atomic E-state index is 0.661. The van der Waals surface area contributed by atoms with Crippen molar-refractivity contribution < 1.29 is 18.1 Å². The summed E-state index contributed by atoms with van der Waals surface area (Å²) in [5.74, 6) is 0. The highest BCUT2D eigenvalue weighted by atomic mass is 28.3. The molecule has 0 spiro atoms. The highest BCUT2D eigenvalue weighted by Crippen LogP contribution is 1.90. The Labute approximate surface area is 79.3 Å². The van der Waals surface area contributed by atoms with Crippen LogP contribution in [0, 0.1) is 0 Å². The van der Waals surface area contributed by atoms with Gasteiger partial charge in [0.25, 0.3) is 0 Å². The lowest BCUT2D eigenvalue weighted by Gasteiger charge is -2.10. The Morgan fingerprint density at radius 2 is 1.17 bits per heavy atom. The summed E-state index contributed by atoms with van der Waals surface area (Å²) < 4.78 is 15.5. The van der Waals surface area contributed by atoms with Gasteiger partial charge in [-0.15, -0.1) is 0 Å². The van der Waals surface area contributed by atoms with Gasteiger partial charge in [-0.2, -0.15) is 0 Å². The van der Waals surface area contributed by atoms with E-state index < -0.39 is 9.53 Å². The van der Waals surface area contributed by atoms with Crippen molar-refractivity contribution in [2.45, 2.75) is 20.8 Å². The molecule has 4 nitrogen and oxygen atoms in total. The van der Waals surface area contributed by atoms with Crippen LogP contribution in [0.5, 0.6) is 0 Å². The predicted molar refractivity (Wildman–Crippen MR) is 48.6 cm³/mol. The summed E-state index contributed by atoms with van der Waals surface area (Å²) >= 11 is 0. The van der Waals surface area contributed by atoms with Crippen molar-refractivity contribution in [3.05, 3.63) is 0 Å². The molecule has 0 aromatic rings. The second kappa shape index (κ2) is 13.8. The van der Waals surface area contributed by atoms with Gasteiger partial charge in [0.15, 0.2) is 0 Å². The van der Waals surface area contributed by atoms with Crippen LogP contribution >= 0.6 is 0 Å². The monoisotopic (exact) mass is 208 g/mol. The molecule has 0 amide bonds. The number of hydrogen-bond acceptors (Lipinski definition) is 4. The van der Waals surface area contributed by atoms with Crippen LogP contribution in [0.25, 0.3) is 0 Å². The summed E-state index contributed by atoms with van der Waals surface area (Å²) in [6.07, 6.45) is 0. The van der Waals surface area contributed by atoms with Gasteiger partial charge >= 0.3 is 9.53 Å². The fourth-order valence-corrected chi connectivity index (χ4v) is 1.44. The van der Waals surface area contributed by atoms with E-state index in [1.807, 2.05) is 31.3 Å². The number of rotatable bonds is 6. The van der Waals surface area contributed by atoms with Gasteiger partial charge in [0.05, 0.1) is 0 Å². The molecule has 0 bridgehead atoms. The quantitative estimate of drug-likeness (QED) is 0.631. The molecule has 1 N–H and O–H groups in total. The van der Waals surface area contributed by atoms with Gasteiger partial charge in [0.1, 0.15) is 0 Å². The molecule has 0 atom stereocenters. The maximum absolute atomic E-state index is 6.81. The molecule has 0 aromatic heterocycles. The SMILES string of the molecule is CCO[Si](OCC)OCC.O[Si]. The van der Waals surface area contributed by atoms with Crippen molar-refractivity contribution in [3.8, 4) is 0 Å². The van der Waals surface area contributed by atoms with Crippen molar-refractivity contribution in [1.29, 1.82) is 0 Å². The van der Waals surface area contributed by atoms with Gasteiger partial charge in [-0.1, -0.05) is 0 Å². The lowest BCUT2D eigenvalue weighted by atomic mass is 10.9. The van der Waals surface area contributed by atoms with E-state index in [9.17, 15) is 0 Å². The molecule has 0 unspecified atom stereocenters. The van der Waals surface area contributed by atoms with E-state index >= 15 is 0 Å². The van der Waals surface area contributed by atoms with Crippen molar-refractivity contribution >= 4 is 20.0 Å². The van der Waals surface area contributed by atoms with Gasteiger partial charge in [-0.25, -0.2) is 0 Å². The predicted octanol–water partition coefficient (Wildman–Crippen LogP) is 0.143. The van der Waals surface area contributed by atoms with E-state index in [1.165, 1.54) is 0 Å². The van der Waals surface area contributed by atoms with Crippen LogP contribution in [0.3, 0.4) is 0 Å². The first-order valence-electron chi connectivity index (χ1n) is 3.82. The third-order valence-electron chi connectivity index (χ3n) is 0.787. The van der Waals surface area contributed by atoms with Crippen LogP contribution in [0.1, 0.15) is 20.8 Å². The topological polar surface area (TPSA) is 47.9 Å². The molecule has 0 saturated carbocycles. The second-order valence-electron chi connectivity index (χ2n) is 1.55. The molecule has 0 fully saturated rings. The zero-order valence-corrected chi connectivity index (χ0v) is 9.79. The Kier molecular flexibility index (Phi) is 17.0. The molecular weight excluding hydrogens is 192 g/mol. The molecule has 0 aromatic carbocycles. The van der Waals surface area contributed by atoms with E-state index in [2.05, 4.69) is 0 Å². The third-order valence-corrected chi connectivity index (χ3v) is 2.36. The lowest BCUT2D eigenvalue weighted by Crippen LogP contribution is -2.27. The molecule has 0 aliphatic rings. The van der Waals surface area contributed by atoms with Crippen molar-refractivity contribution in [2.75, 3.05) is 19.8 Å². The first-order valence-corrected chi connectivity index (χ1v) is 5.50. The first-order chi connectivity index (χ1) is 5.85. The maximum Gasteiger partial charge on any atom is 0.577 e. The summed E-state index contributed by atoms with van der Waals surface area (Å²) in [4.78, 5) is 6.81. The largest absolute Gasteiger partial charge is 0.577 e. The van der Waals surface area contributed by atoms with E-state index in [4.69, 9.17) is 18.1 Å². The molecule has 0 aliphatic carbocycles. The van der Waals surface area contributed by atoms with E-state index in [0.717, 1.165) is 0 Å². The Morgan fingerprint density at radius 1 is 0.917 bits per heavy atom. The van der Waals surface area contributed by atoms with Gasteiger partial charge in [-0.05, 0) is 20.8 Å². The molecule has 0 saturated heterocycles. The summed E-state index contributed by atoms with van der Waals surface area (Å²) in [5.41, 5.74) is 0. The normalized spacial score (nSPS) is 9.50.